The van der Waals surface area contributed by atoms with Crippen molar-refractivity contribution in [3.63, 3.8) is 0 Å². The molecule has 1 aromatic carbocycles. The van der Waals surface area contributed by atoms with Crippen LogP contribution in [0.2, 0.25) is 5.02 Å². The van der Waals surface area contributed by atoms with E-state index in [0.717, 1.165) is 10.7 Å². The normalized spacial score (nSPS) is 12.5. The number of rotatable bonds is 6. The van der Waals surface area contributed by atoms with Gasteiger partial charge in [0.15, 0.2) is 0 Å². The van der Waals surface area contributed by atoms with Gasteiger partial charge in [0, 0.05) is 16.8 Å². The van der Waals surface area contributed by atoms with Crippen LogP contribution < -0.4 is 5.32 Å². The summed E-state index contributed by atoms with van der Waals surface area (Å²) in [4.78, 5) is 0. The summed E-state index contributed by atoms with van der Waals surface area (Å²) < 4.78 is 0. The number of nitrogens with one attached hydrogen (secondary N) is 1. The molecule has 1 atom stereocenters. The molecule has 0 bridgehead atoms. The minimum absolute atomic E-state index is 0.523. The Hall–Kier alpha value is -0.690. The van der Waals surface area contributed by atoms with Gasteiger partial charge in [0.25, 0.3) is 0 Å². The topological polar surface area (TPSA) is 12.0 Å². The number of halogens is 1. The van der Waals surface area contributed by atoms with Crippen molar-refractivity contribution in [3.05, 3.63) is 29.3 Å². The summed E-state index contributed by atoms with van der Waals surface area (Å²) in [5.74, 6) is 0. The fraction of sp³-hybridized carbons (Fsp3) is 0.538. The minimum atomic E-state index is 0.523. The first kappa shape index (κ1) is 12.4. The Bertz CT molecular complexity index is 286. The Morgan fingerprint density at radius 1 is 1.33 bits per heavy atom. The van der Waals surface area contributed by atoms with Crippen molar-refractivity contribution in [2.45, 2.75) is 45.6 Å². The zero-order valence-corrected chi connectivity index (χ0v) is 10.3. The maximum Gasteiger partial charge on any atom is 0.0426 e. The first-order valence-corrected chi connectivity index (χ1v) is 6.12. The third kappa shape index (κ3) is 5.08. The van der Waals surface area contributed by atoms with Gasteiger partial charge in [-0.2, -0.15) is 0 Å². The standard InChI is InChI=1S/C13H20ClN/c1-3-4-5-7-11(2)15-13-9-6-8-12(14)10-13/h6,8-11,15H,3-5,7H2,1-2H3. The summed E-state index contributed by atoms with van der Waals surface area (Å²) in [6.07, 6.45) is 5.12. The number of unbranched alkanes of at least 4 members (excludes halogenated alkanes) is 2. The molecule has 0 heterocycles. The second-order valence-electron chi connectivity index (χ2n) is 4.05. The Morgan fingerprint density at radius 2 is 2.13 bits per heavy atom. The number of hydrogen-bond donors (Lipinski definition) is 1. The van der Waals surface area contributed by atoms with Gasteiger partial charge in [-0.05, 0) is 31.5 Å². The second-order valence-corrected chi connectivity index (χ2v) is 4.49. The van der Waals surface area contributed by atoms with Crippen LogP contribution in [0.25, 0.3) is 0 Å². The van der Waals surface area contributed by atoms with E-state index in [4.69, 9.17) is 11.6 Å². The molecule has 0 saturated carbocycles. The third-order valence-corrected chi connectivity index (χ3v) is 2.71. The van der Waals surface area contributed by atoms with Gasteiger partial charge in [0.05, 0.1) is 0 Å². The van der Waals surface area contributed by atoms with Crippen molar-refractivity contribution in [1.29, 1.82) is 0 Å². The van der Waals surface area contributed by atoms with Gasteiger partial charge in [-0.15, -0.1) is 0 Å². The van der Waals surface area contributed by atoms with Gasteiger partial charge in [-0.25, -0.2) is 0 Å². The maximum absolute atomic E-state index is 5.92. The Balaban J connectivity index is 2.34. The lowest BCUT2D eigenvalue weighted by Crippen LogP contribution is -2.14. The highest BCUT2D eigenvalue weighted by Crippen LogP contribution is 2.17. The highest BCUT2D eigenvalue weighted by molar-refractivity contribution is 6.30. The molecule has 1 unspecified atom stereocenters. The lowest BCUT2D eigenvalue weighted by atomic mass is 10.1. The molecule has 1 N–H and O–H groups in total. The molecule has 0 fully saturated rings. The summed E-state index contributed by atoms with van der Waals surface area (Å²) in [5, 5.41) is 4.25. The van der Waals surface area contributed by atoms with E-state index in [0.29, 0.717) is 6.04 Å². The van der Waals surface area contributed by atoms with Crippen LogP contribution >= 0.6 is 11.6 Å². The molecule has 15 heavy (non-hydrogen) atoms. The van der Waals surface area contributed by atoms with E-state index in [1.165, 1.54) is 25.7 Å². The summed E-state index contributed by atoms with van der Waals surface area (Å²) in [6.45, 7) is 4.45. The highest BCUT2D eigenvalue weighted by atomic mass is 35.5. The molecule has 1 aromatic rings. The Morgan fingerprint density at radius 3 is 2.80 bits per heavy atom. The molecule has 0 radical (unpaired) electrons. The van der Waals surface area contributed by atoms with E-state index < -0.39 is 0 Å². The quantitative estimate of drug-likeness (QED) is 0.691. The van der Waals surface area contributed by atoms with E-state index in [-0.39, 0.29) is 0 Å². The van der Waals surface area contributed by atoms with Gasteiger partial charge >= 0.3 is 0 Å². The largest absolute Gasteiger partial charge is 0.383 e. The third-order valence-electron chi connectivity index (χ3n) is 2.48. The zero-order valence-electron chi connectivity index (χ0n) is 9.59. The van der Waals surface area contributed by atoms with Crippen molar-refractivity contribution in [1.82, 2.24) is 0 Å². The monoisotopic (exact) mass is 225 g/mol. The molecule has 0 aliphatic rings. The summed E-state index contributed by atoms with van der Waals surface area (Å²) >= 11 is 5.92. The molecule has 1 nitrogen and oxygen atoms in total. The average molecular weight is 226 g/mol. The minimum Gasteiger partial charge on any atom is -0.383 e. The molecule has 0 aliphatic carbocycles. The van der Waals surface area contributed by atoms with Gasteiger partial charge < -0.3 is 5.32 Å². The Kier molecular flexibility index (Phi) is 5.56. The molecular formula is C13H20ClN. The number of benzene rings is 1. The second kappa shape index (κ2) is 6.73. The molecule has 0 aromatic heterocycles. The van der Waals surface area contributed by atoms with E-state index in [1.807, 2.05) is 18.2 Å². The van der Waals surface area contributed by atoms with Gasteiger partial charge in [-0.1, -0.05) is 43.9 Å². The molecule has 0 aliphatic heterocycles. The van der Waals surface area contributed by atoms with Crippen LogP contribution in [0, 0.1) is 0 Å². The SMILES string of the molecule is CCCCCC(C)Nc1cccc(Cl)c1. The van der Waals surface area contributed by atoms with E-state index in [9.17, 15) is 0 Å². The van der Waals surface area contributed by atoms with Crippen molar-refractivity contribution < 1.29 is 0 Å². The lowest BCUT2D eigenvalue weighted by molar-refractivity contribution is 0.615. The van der Waals surface area contributed by atoms with Crippen molar-refractivity contribution >= 4 is 17.3 Å². The molecule has 84 valence electrons. The first-order chi connectivity index (χ1) is 7.22. The molecule has 0 saturated heterocycles. The van der Waals surface area contributed by atoms with Gasteiger partial charge in [-0.3, -0.25) is 0 Å². The van der Waals surface area contributed by atoms with Crippen molar-refractivity contribution in [2.24, 2.45) is 0 Å². The summed E-state index contributed by atoms with van der Waals surface area (Å²) in [5.41, 5.74) is 1.12. The van der Waals surface area contributed by atoms with E-state index in [1.54, 1.807) is 0 Å². The van der Waals surface area contributed by atoms with E-state index in [2.05, 4.69) is 25.2 Å². The predicted octanol–water partition coefficient (Wildman–Crippen LogP) is 4.72. The molecule has 2 heteroatoms. The van der Waals surface area contributed by atoms with Crippen molar-refractivity contribution in [3.8, 4) is 0 Å². The Labute approximate surface area is 97.8 Å². The molecule has 1 rings (SSSR count). The van der Waals surface area contributed by atoms with Crippen LogP contribution in [-0.4, -0.2) is 6.04 Å². The van der Waals surface area contributed by atoms with Crippen LogP contribution in [0.4, 0.5) is 5.69 Å². The maximum atomic E-state index is 5.92. The first-order valence-electron chi connectivity index (χ1n) is 5.74. The highest BCUT2D eigenvalue weighted by Gasteiger charge is 2.01. The van der Waals surface area contributed by atoms with Crippen LogP contribution in [0.15, 0.2) is 24.3 Å². The summed E-state index contributed by atoms with van der Waals surface area (Å²) in [7, 11) is 0. The summed E-state index contributed by atoms with van der Waals surface area (Å²) in [6, 6.07) is 8.42. The van der Waals surface area contributed by atoms with Gasteiger partial charge in [0.2, 0.25) is 0 Å². The number of hydrogen-bond acceptors (Lipinski definition) is 1. The van der Waals surface area contributed by atoms with E-state index >= 15 is 0 Å². The van der Waals surface area contributed by atoms with Crippen LogP contribution in [-0.2, 0) is 0 Å². The fourth-order valence-corrected chi connectivity index (χ4v) is 1.83. The zero-order chi connectivity index (χ0) is 11.1. The number of anilines is 1. The van der Waals surface area contributed by atoms with Crippen LogP contribution in [0.3, 0.4) is 0 Å². The lowest BCUT2D eigenvalue weighted by Gasteiger charge is -2.15. The smallest absolute Gasteiger partial charge is 0.0426 e. The predicted molar refractivity (Wildman–Crippen MR) is 68.7 cm³/mol. The van der Waals surface area contributed by atoms with Crippen molar-refractivity contribution in [2.75, 3.05) is 5.32 Å². The molecular weight excluding hydrogens is 206 g/mol. The molecule has 0 spiro atoms. The van der Waals surface area contributed by atoms with Crippen LogP contribution in [0.1, 0.15) is 39.5 Å². The van der Waals surface area contributed by atoms with Gasteiger partial charge in [0.1, 0.15) is 0 Å². The van der Waals surface area contributed by atoms with Crippen LogP contribution in [0.5, 0.6) is 0 Å². The fourth-order valence-electron chi connectivity index (χ4n) is 1.64. The average Bonchev–Trinajstić information content (AvgIpc) is 2.18. The molecule has 0 amide bonds.